The summed E-state index contributed by atoms with van der Waals surface area (Å²) in [4.78, 5) is 13.9. The van der Waals surface area contributed by atoms with E-state index < -0.39 is 0 Å². The molecular formula is C26H31N5O2S2. The summed E-state index contributed by atoms with van der Waals surface area (Å²) in [6, 6.07) is 10.4. The maximum Gasteiger partial charge on any atom is 0.235 e. The van der Waals surface area contributed by atoms with Crippen molar-refractivity contribution in [3.8, 4) is 11.8 Å². The standard InChI is InChI=1S/C26H31N5O2S2/c1-17(2)18-10-12-19(13-11-18)33-15-23-29-30-26(31(23)3)34-16-24(32)28-25-21(14-27)20-8-6-4-5-7-9-22(20)35-25/h10-13,17H,4-9,15-16H2,1-3H3,(H,28,32). The third kappa shape index (κ3) is 6.24. The minimum Gasteiger partial charge on any atom is -0.486 e. The Labute approximate surface area is 214 Å². The maximum atomic E-state index is 12.7. The molecule has 4 rings (SSSR count). The number of carbonyl (C=O) groups is 1. The number of hydrogen-bond acceptors (Lipinski definition) is 7. The molecule has 0 saturated heterocycles. The first-order valence-electron chi connectivity index (χ1n) is 12.0. The first-order valence-corrected chi connectivity index (χ1v) is 13.8. The molecule has 7 nitrogen and oxygen atoms in total. The van der Waals surface area contributed by atoms with E-state index in [4.69, 9.17) is 4.74 Å². The van der Waals surface area contributed by atoms with Crippen LogP contribution in [0.4, 0.5) is 5.00 Å². The Hall–Kier alpha value is -2.83. The van der Waals surface area contributed by atoms with Crippen molar-refractivity contribution in [2.45, 2.75) is 70.1 Å². The highest BCUT2D eigenvalue weighted by Gasteiger charge is 2.21. The Morgan fingerprint density at radius 1 is 1.20 bits per heavy atom. The average Bonchev–Trinajstić information content (AvgIpc) is 3.34. The summed E-state index contributed by atoms with van der Waals surface area (Å²) in [6.07, 6.45) is 6.59. The number of hydrogen-bond donors (Lipinski definition) is 1. The molecule has 0 aliphatic heterocycles. The summed E-state index contributed by atoms with van der Waals surface area (Å²) in [5, 5.41) is 22.5. The normalized spacial score (nSPS) is 13.6. The van der Waals surface area contributed by atoms with Gasteiger partial charge in [-0.2, -0.15) is 5.26 Å². The lowest BCUT2D eigenvalue weighted by atomic mass is 9.97. The van der Waals surface area contributed by atoms with Gasteiger partial charge in [-0.25, -0.2) is 0 Å². The Balaban J connectivity index is 1.33. The van der Waals surface area contributed by atoms with Crippen LogP contribution >= 0.6 is 23.1 Å². The van der Waals surface area contributed by atoms with E-state index in [0.717, 1.165) is 37.0 Å². The lowest BCUT2D eigenvalue weighted by Crippen LogP contribution is -2.14. The van der Waals surface area contributed by atoms with Gasteiger partial charge in [-0.15, -0.1) is 21.5 Å². The molecule has 0 unspecified atom stereocenters. The summed E-state index contributed by atoms with van der Waals surface area (Å²) in [5.74, 6) is 1.99. The number of thioether (sulfide) groups is 1. The summed E-state index contributed by atoms with van der Waals surface area (Å²) in [7, 11) is 1.87. The zero-order chi connectivity index (χ0) is 24.8. The van der Waals surface area contributed by atoms with Crippen LogP contribution in [0.2, 0.25) is 0 Å². The third-order valence-corrected chi connectivity index (χ3v) is 8.44. The van der Waals surface area contributed by atoms with Crippen LogP contribution in [0.1, 0.15) is 72.8 Å². The first kappa shape index (κ1) is 25.3. The van der Waals surface area contributed by atoms with E-state index in [1.165, 1.54) is 35.0 Å². The molecule has 0 saturated carbocycles. The summed E-state index contributed by atoms with van der Waals surface area (Å²) in [6.45, 7) is 4.62. The number of thiophene rings is 1. The van der Waals surface area contributed by atoms with E-state index in [2.05, 4.69) is 47.6 Å². The number of rotatable bonds is 8. The number of fused-ring (bicyclic) bond motifs is 1. The fraction of sp³-hybridized carbons (Fsp3) is 0.462. The molecule has 2 aromatic heterocycles. The van der Waals surface area contributed by atoms with Gasteiger partial charge in [0.15, 0.2) is 11.0 Å². The van der Waals surface area contributed by atoms with Gasteiger partial charge >= 0.3 is 0 Å². The lowest BCUT2D eigenvalue weighted by Gasteiger charge is -2.09. The van der Waals surface area contributed by atoms with Gasteiger partial charge in [-0.3, -0.25) is 4.79 Å². The summed E-state index contributed by atoms with van der Waals surface area (Å²) < 4.78 is 7.71. The molecule has 1 aliphatic carbocycles. The molecule has 2 heterocycles. The second-order valence-corrected chi connectivity index (χ2v) is 11.1. The largest absolute Gasteiger partial charge is 0.486 e. The Morgan fingerprint density at radius 3 is 2.66 bits per heavy atom. The zero-order valence-electron chi connectivity index (χ0n) is 20.5. The minimum absolute atomic E-state index is 0.147. The van der Waals surface area contributed by atoms with Crippen molar-refractivity contribution in [3.63, 3.8) is 0 Å². The van der Waals surface area contributed by atoms with E-state index in [-0.39, 0.29) is 11.7 Å². The van der Waals surface area contributed by atoms with Crippen molar-refractivity contribution in [2.24, 2.45) is 7.05 Å². The molecule has 0 spiro atoms. The molecule has 0 atom stereocenters. The number of carbonyl (C=O) groups excluding carboxylic acids is 1. The van der Waals surface area contributed by atoms with Crippen molar-refractivity contribution in [3.05, 3.63) is 51.7 Å². The Bertz CT molecular complexity index is 1210. The number of aryl methyl sites for hydroxylation is 1. The summed E-state index contributed by atoms with van der Waals surface area (Å²) >= 11 is 2.88. The SMILES string of the molecule is CC(C)c1ccc(OCc2nnc(SCC(=O)Nc3sc4c(c3C#N)CCCCCC4)n2C)cc1. The van der Waals surface area contributed by atoms with Crippen molar-refractivity contribution in [2.75, 3.05) is 11.1 Å². The Morgan fingerprint density at radius 2 is 1.94 bits per heavy atom. The van der Waals surface area contributed by atoms with E-state index in [1.54, 1.807) is 11.3 Å². The first-order chi connectivity index (χ1) is 17.0. The number of aromatic nitrogens is 3. The van der Waals surface area contributed by atoms with Crippen LogP contribution in [0, 0.1) is 11.3 Å². The molecule has 0 fully saturated rings. The molecule has 1 aliphatic rings. The van der Waals surface area contributed by atoms with E-state index in [9.17, 15) is 10.1 Å². The van der Waals surface area contributed by atoms with Gasteiger partial charge < -0.3 is 14.6 Å². The van der Waals surface area contributed by atoms with Crippen LogP contribution < -0.4 is 10.1 Å². The second kappa shape index (κ2) is 11.7. The number of benzene rings is 1. The topological polar surface area (TPSA) is 92.8 Å². The molecule has 3 aromatic rings. The zero-order valence-corrected chi connectivity index (χ0v) is 22.1. The van der Waals surface area contributed by atoms with Crippen molar-refractivity contribution in [1.82, 2.24) is 14.8 Å². The highest BCUT2D eigenvalue weighted by molar-refractivity contribution is 7.99. The lowest BCUT2D eigenvalue weighted by molar-refractivity contribution is -0.113. The highest BCUT2D eigenvalue weighted by Crippen LogP contribution is 2.36. The number of nitriles is 1. The van der Waals surface area contributed by atoms with Gasteiger partial charge in [0.05, 0.1) is 11.3 Å². The second-order valence-electron chi connectivity index (χ2n) is 9.04. The van der Waals surface area contributed by atoms with Crippen LogP contribution in [0.3, 0.4) is 0 Å². The van der Waals surface area contributed by atoms with Crippen LogP contribution in [0.15, 0.2) is 29.4 Å². The van der Waals surface area contributed by atoms with Crippen LogP contribution in [0.25, 0.3) is 0 Å². The number of anilines is 1. The highest BCUT2D eigenvalue weighted by atomic mass is 32.2. The number of nitrogens with one attached hydrogen (secondary N) is 1. The van der Waals surface area contributed by atoms with Crippen LogP contribution in [-0.2, 0) is 31.3 Å². The molecular weight excluding hydrogens is 478 g/mol. The average molecular weight is 510 g/mol. The molecule has 35 heavy (non-hydrogen) atoms. The molecule has 9 heteroatoms. The van der Waals surface area contributed by atoms with Gasteiger partial charge in [0.2, 0.25) is 5.91 Å². The molecule has 1 aromatic carbocycles. The fourth-order valence-electron chi connectivity index (χ4n) is 4.11. The number of amides is 1. The van der Waals surface area contributed by atoms with E-state index >= 15 is 0 Å². The van der Waals surface area contributed by atoms with E-state index in [0.29, 0.717) is 34.1 Å². The third-order valence-electron chi connectivity index (χ3n) is 6.21. The molecule has 184 valence electrons. The summed E-state index contributed by atoms with van der Waals surface area (Å²) in [5.41, 5.74) is 3.05. The Kier molecular flexibility index (Phi) is 8.47. The van der Waals surface area contributed by atoms with Crippen LogP contribution in [-0.4, -0.2) is 26.4 Å². The minimum atomic E-state index is -0.147. The quantitative estimate of drug-likeness (QED) is 0.384. The van der Waals surface area contributed by atoms with Gasteiger partial charge in [0.1, 0.15) is 23.4 Å². The van der Waals surface area contributed by atoms with Crippen LogP contribution in [0.5, 0.6) is 5.75 Å². The number of ether oxygens (including phenoxy) is 1. The maximum absolute atomic E-state index is 12.7. The molecule has 0 radical (unpaired) electrons. The van der Waals surface area contributed by atoms with Gasteiger partial charge in [0.25, 0.3) is 0 Å². The van der Waals surface area contributed by atoms with Gasteiger partial charge in [0, 0.05) is 11.9 Å². The molecule has 1 N–H and O–H groups in total. The van der Waals surface area contributed by atoms with Crippen molar-refractivity contribution >= 4 is 34.0 Å². The molecule has 1 amide bonds. The smallest absolute Gasteiger partial charge is 0.235 e. The predicted molar refractivity (Wildman–Crippen MR) is 140 cm³/mol. The van der Waals surface area contributed by atoms with Crippen molar-refractivity contribution < 1.29 is 9.53 Å². The fourth-order valence-corrected chi connectivity index (χ4v) is 6.10. The predicted octanol–water partition coefficient (Wildman–Crippen LogP) is 5.84. The number of nitrogens with zero attached hydrogens (tertiary/aromatic N) is 4. The van der Waals surface area contributed by atoms with Gasteiger partial charge in [-0.05, 0) is 54.9 Å². The van der Waals surface area contributed by atoms with Crippen molar-refractivity contribution in [1.29, 1.82) is 5.26 Å². The van der Waals surface area contributed by atoms with E-state index in [1.807, 2.05) is 23.7 Å². The van der Waals surface area contributed by atoms with Gasteiger partial charge in [-0.1, -0.05) is 50.6 Å². The molecule has 0 bridgehead atoms. The monoisotopic (exact) mass is 509 g/mol.